The Morgan fingerprint density at radius 1 is 1.03 bits per heavy atom. The molecule has 5 rings (SSSR count). The first-order valence-corrected chi connectivity index (χ1v) is 9.40. The third-order valence-corrected chi connectivity index (χ3v) is 4.79. The molecule has 31 heavy (non-hydrogen) atoms. The Balaban J connectivity index is 1.55. The summed E-state index contributed by atoms with van der Waals surface area (Å²) in [6.07, 6.45) is 5.26. The van der Waals surface area contributed by atoms with Crippen LogP contribution in [0.3, 0.4) is 0 Å². The van der Waals surface area contributed by atoms with Crippen LogP contribution < -0.4 is 10.1 Å². The van der Waals surface area contributed by atoms with Crippen molar-refractivity contribution in [3.63, 3.8) is 0 Å². The van der Waals surface area contributed by atoms with Crippen molar-refractivity contribution in [1.29, 1.82) is 0 Å². The minimum absolute atomic E-state index is 0.471. The molecule has 5 heterocycles. The first kappa shape index (κ1) is 18.7. The number of nitrogens with zero attached hydrogens (tertiary/aromatic N) is 10. The lowest BCUT2D eigenvalue weighted by Crippen LogP contribution is -2.02. The van der Waals surface area contributed by atoms with Gasteiger partial charge in [0.05, 0.1) is 19.5 Å². The second-order valence-corrected chi connectivity index (χ2v) is 6.92. The molecule has 5 aromatic rings. The van der Waals surface area contributed by atoms with Crippen molar-refractivity contribution in [3.05, 3.63) is 36.8 Å². The van der Waals surface area contributed by atoms with Crippen molar-refractivity contribution in [2.24, 2.45) is 21.1 Å². The summed E-state index contributed by atoms with van der Waals surface area (Å²) >= 11 is 0. The van der Waals surface area contributed by atoms with Crippen LogP contribution in [0.4, 0.5) is 11.6 Å². The zero-order valence-corrected chi connectivity index (χ0v) is 17.3. The van der Waals surface area contributed by atoms with E-state index in [2.05, 4.69) is 35.8 Å². The van der Waals surface area contributed by atoms with Crippen LogP contribution in [0.2, 0.25) is 0 Å². The van der Waals surface area contributed by atoms with E-state index in [-0.39, 0.29) is 0 Å². The average molecular weight is 417 g/mol. The Hall–Kier alpha value is -4.35. The lowest BCUT2D eigenvalue weighted by molar-refractivity contribution is 0.397. The fourth-order valence-corrected chi connectivity index (χ4v) is 3.27. The molecule has 0 saturated heterocycles. The normalized spacial score (nSPS) is 11.2. The Labute approximate surface area is 176 Å². The molecule has 0 saturated carbocycles. The van der Waals surface area contributed by atoms with Gasteiger partial charge in [-0.3, -0.25) is 14.0 Å². The molecule has 0 bridgehead atoms. The first-order valence-electron chi connectivity index (χ1n) is 9.40. The SMILES string of the molecule is COc1ccnc(-c2cc(Nc3cc(-c4cn(C)nn4)c4cnn(C)c4n3)n(C)n2)n1. The number of aryl methyl sites for hydroxylation is 3. The van der Waals surface area contributed by atoms with Gasteiger partial charge in [-0.15, -0.1) is 5.10 Å². The molecule has 0 aliphatic rings. The lowest BCUT2D eigenvalue weighted by atomic mass is 10.1. The van der Waals surface area contributed by atoms with Crippen LogP contribution in [0.5, 0.6) is 5.88 Å². The maximum Gasteiger partial charge on any atom is 0.216 e. The predicted molar refractivity (Wildman–Crippen MR) is 113 cm³/mol. The van der Waals surface area contributed by atoms with Gasteiger partial charge in [0.25, 0.3) is 0 Å². The van der Waals surface area contributed by atoms with Gasteiger partial charge in [-0.05, 0) is 6.07 Å². The third kappa shape index (κ3) is 3.33. The lowest BCUT2D eigenvalue weighted by Gasteiger charge is -2.08. The van der Waals surface area contributed by atoms with Crippen LogP contribution in [0.25, 0.3) is 33.8 Å². The molecule has 0 atom stereocenters. The maximum atomic E-state index is 5.18. The summed E-state index contributed by atoms with van der Waals surface area (Å²) in [6, 6.07) is 5.46. The van der Waals surface area contributed by atoms with Crippen LogP contribution in [0.15, 0.2) is 36.8 Å². The smallest absolute Gasteiger partial charge is 0.216 e. The molecule has 0 unspecified atom stereocenters. The van der Waals surface area contributed by atoms with Crippen molar-refractivity contribution in [2.75, 3.05) is 12.4 Å². The van der Waals surface area contributed by atoms with Crippen LogP contribution in [0.1, 0.15) is 0 Å². The van der Waals surface area contributed by atoms with Gasteiger partial charge in [-0.25, -0.2) is 9.97 Å². The zero-order chi connectivity index (χ0) is 21.5. The van der Waals surface area contributed by atoms with Crippen molar-refractivity contribution < 1.29 is 4.74 Å². The van der Waals surface area contributed by atoms with E-state index in [1.807, 2.05) is 39.5 Å². The Morgan fingerprint density at radius 2 is 1.90 bits per heavy atom. The molecule has 5 aromatic heterocycles. The second-order valence-electron chi connectivity index (χ2n) is 6.92. The summed E-state index contributed by atoms with van der Waals surface area (Å²) in [5.74, 6) is 2.29. The molecule has 12 heteroatoms. The second kappa shape index (κ2) is 7.16. The Kier molecular flexibility index (Phi) is 4.31. The van der Waals surface area contributed by atoms with Crippen LogP contribution in [0, 0.1) is 0 Å². The van der Waals surface area contributed by atoms with Crippen LogP contribution in [-0.2, 0) is 21.1 Å². The van der Waals surface area contributed by atoms with Gasteiger partial charge >= 0.3 is 0 Å². The highest BCUT2D eigenvalue weighted by Gasteiger charge is 2.16. The molecule has 12 nitrogen and oxygen atoms in total. The molecule has 156 valence electrons. The Bertz CT molecular complexity index is 1400. The minimum Gasteiger partial charge on any atom is -0.481 e. The molecular weight excluding hydrogens is 398 g/mol. The topological polar surface area (TPSA) is 126 Å². The molecule has 0 fully saturated rings. The largest absolute Gasteiger partial charge is 0.481 e. The minimum atomic E-state index is 0.471. The summed E-state index contributed by atoms with van der Waals surface area (Å²) in [6.45, 7) is 0. The van der Waals surface area contributed by atoms with Gasteiger partial charge in [0.2, 0.25) is 5.88 Å². The molecular formula is C19H19N11O. The van der Waals surface area contributed by atoms with E-state index >= 15 is 0 Å². The number of ether oxygens (including phenoxy) is 1. The molecule has 0 spiro atoms. The number of nitrogens with one attached hydrogen (secondary N) is 1. The molecule has 0 amide bonds. The quantitative estimate of drug-likeness (QED) is 0.455. The van der Waals surface area contributed by atoms with Gasteiger partial charge < -0.3 is 10.1 Å². The third-order valence-electron chi connectivity index (χ3n) is 4.79. The molecule has 0 aromatic carbocycles. The number of hydrogen-bond donors (Lipinski definition) is 1. The molecule has 0 aliphatic carbocycles. The van der Waals surface area contributed by atoms with Crippen molar-refractivity contribution in [1.82, 2.24) is 49.5 Å². The van der Waals surface area contributed by atoms with E-state index in [0.717, 1.165) is 28.1 Å². The number of pyridine rings is 1. The maximum absolute atomic E-state index is 5.18. The van der Waals surface area contributed by atoms with Crippen molar-refractivity contribution >= 4 is 22.7 Å². The average Bonchev–Trinajstić information content (AvgIpc) is 3.47. The van der Waals surface area contributed by atoms with E-state index in [1.165, 1.54) is 0 Å². The van der Waals surface area contributed by atoms with E-state index in [1.54, 1.807) is 39.6 Å². The van der Waals surface area contributed by atoms with Crippen LogP contribution in [-0.4, -0.2) is 56.6 Å². The summed E-state index contributed by atoms with van der Waals surface area (Å²) < 4.78 is 10.3. The zero-order valence-electron chi connectivity index (χ0n) is 17.3. The molecule has 1 N–H and O–H groups in total. The first-order chi connectivity index (χ1) is 15.0. The number of rotatable bonds is 5. The summed E-state index contributed by atoms with van der Waals surface area (Å²) in [7, 11) is 7.07. The standard InChI is InChI=1S/C19H19N11O/c1-28-10-14(25-27-28)11-7-15(23-19-12(11)9-21-30(19)3)22-16-8-13(26-29(16)2)18-20-6-5-17(24-18)31-4/h5-10H,1-4H3,(H,22,23). The summed E-state index contributed by atoms with van der Waals surface area (Å²) in [5.41, 5.74) is 2.96. The number of methoxy groups -OCH3 is 1. The van der Waals surface area contributed by atoms with Gasteiger partial charge in [0.15, 0.2) is 11.5 Å². The van der Waals surface area contributed by atoms with E-state index in [9.17, 15) is 0 Å². The van der Waals surface area contributed by atoms with Gasteiger partial charge in [0.1, 0.15) is 23.0 Å². The van der Waals surface area contributed by atoms with Crippen molar-refractivity contribution in [3.8, 4) is 28.7 Å². The number of hydrogen-bond acceptors (Lipinski definition) is 9. The van der Waals surface area contributed by atoms with E-state index < -0.39 is 0 Å². The predicted octanol–water partition coefficient (Wildman–Crippen LogP) is 1.71. The van der Waals surface area contributed by atoms with Gasteiger partial charge in [0, 0.05) is 50.4 Å². The highest BCUT2D eigenvalue weighted by atomic mass is 16.5. The fourth-order valence-electron chi connectivity index (χ4n) is 3.27. The number of aromatic nitrogens is 10. The van der Waals surface area contributed by atoms with Crippen molar-refractivity contribution in [2.45, 2.75) is 0 Å². The highest BCUT2D eigenvalue weighted by Crippen LogP contribution is 2.30. The van der Waals surface area contributed by atoms with E-state index in [0.29, 0.717) is 23.2 Å². The van der Waals surface area contributed by atoms with Crippen LogP contribution >= 0.6 is 0 Å². The summed E-state index contributed by atoms with van der Waals surface area (Å²) in [5, 5.41) is 21.4. The highest BCUT2D eigenvalue weighted by molar-refractivity contribution is 5.93. The molecule has 0 aliphatic heterocycles. The number of anilines is 2. The fraction of sp³-hybridized carbons (Fsp3) is 0.211. The van der Waals surface area contributed by atoms with E-state index in [4.69, 9.17) is 9.72 Å². The number of fused-ring (bicyclic) bond motifs is 1. The summed E-state index contributed by atoms with van der Waals surface area (Å²) in [4.78, 5) is 13.3. The Morgan fingerprint density at radius 3 is 2.68 bits per heavy atom. The van der Waals surface area contributed by atoms with Gasteiger partial charge in [-0.2, -0.15) is 15.2 Å². The van der Waals surface area contributed by atoms with Gasteiger partial charge in [-0.1, -0.05) is 5.21 Å². The monoisotopic (exact) mass is 417 g/mol. The molecule has 0 radical (unpaired) electrons.